The third-order valence-corrected chi connectivity index (χ3v) is 4.12. The summed E-state index contributed by atoms with van der Waals surface area (Å²) in [5, 5.41) is 11.1. The quantitative estimate of drug-likeness (QED) is 0.715. The molecule has 88 valence electrons. The van der Waals surface area contributed by atoms with Crippen molar-refractivity contribution in [1.82, 2.24) is 5.32 Å². The van der Waals surface area contributed by atoms with E-state index in [1.54, 1.807) is 6.21 Å². The first-order chi connectivity index (χ1) is 8.18. The molecule has 0 aromatic heterocycles. The summed E-state index contributed by atoms with van der Waals surface area (Å²) >= 11 is 0. The van der Waals surface area contributed by atoms with Crippen LogP contribution in [0.25, 0.3) is 0 Å². The standard InChI is InChI=1S/C14H17N3/c1-3-14(2,8-15)10-7-12-13(10)11-6-9(17-12)4-5-16-11/h4-5,7-8,11,15,17H,3,6H2,1-2H3/t11-,14?/m0/s1. The summed E-state index contributed by atoms with van der Waals surface area (Å²) in [5.74, 6) is 0. The van der Waals surface area contributed by atoms with Gasteiger partial charge in [0.15, 0.2) is 0 Å². The Morgan fingerprint density at radius 3 is 3.18 bits per heavy atom. The summed E-state index contributed by atoms with van der Waals surface area (Å²) in [4.78, 5) is 4.55. The molecule has 3 aliphatic rings. The van der Waals surface area contributed by atoms with E-state index in [2.05, 4.69) is 30.2 Å². The van der Waals surface area contributed by atoms with Crippen LogP contribution in [-0.2, 0) is 0 Å². The second kappa shape index (κ2) is 3.42. The molecule has 3 nitrogen and oxygen atoms in total. The molecule has 0 spiro atoms. The van der Waals surface area contributed by atoms with Gasteiger partial charge in [-0.1, -0.05) is 13.8 Å². The van der Waals surface area contributed by atoms with Gasteiger partial charge in [-0.2, -0.15) is 0 Å². The Balaban J connectivity index is 1.95. The lowest BCUT2D eigenvalue weighted by Gasteiger charge is -2.42. The number of allylic oxidation sites excluding steroid dienone is 2. The third kappa shape index (κ3) is 1.35. The van der Waals surface area contributed by atoms with Crippen molar-refractivity contribution in [2.45, 2.75) is 32.7 Å². The molecule has 1 aliphatic carbocycles. The minimum Gasteiger partial charge on any atom is -0.358 e. The molecule has 0 radical (unpaired) electrons. The molecule has 0 fully saturated rings. The molecule has 0 aromatic carbocycles. The van der Waals surface area contributed by atoms with E-state index < -0.39 is 0 Å². The molecule has 17 heavy (non-hydrogen) atoms. The van der Waals surface area contributed by atoms with Gasteiger partial charge >= 0.3 is 0 Å². The normalized spacial score (nSPS) is 28.2. The number of dihydropyridines is 1. The van der Waals surface area contributed by atoms with E-state index in [1.807, 2.05) is 12.3 Å². The van der Waals surface area contributed by atoms with Crippen molar-refractivity contribution in [2.75, 3.05) is 0 Å². The van der Waals surface area contributed by atoms with Gasteiger partial charge in [0.2, 0.25) is 0 Å². The largest absolute Gasteiger partial charge is 0.358 e. The Morgan fingerprint density at radius 1 is 1.65 bits per heavy atom. The van der Waals surface area contributed by atoms with Crippen LogP contribution in [0.15, 0.2) is 39.7 Å². The average Bonchev–Trinajstić information content (AvgIpc) is 2.32. The zero-order valence-electron chi connectivity index (χ0n) is 10.2. The van der Waals surface area contributed by atoms with E-state index in [1.165, 1.54) is 22.5 Å². The van der Waals surface area contributed by atoms with Crippen molar-refractivity contribution < 1.29 is 0 Å². The second-order valence-corrected chi connectivity index (χ2v) is 5.14. The smallest absolute Gasteiger partial charge is 0.0826 e. The first-order valence-corrected chi connectivity index (χ1v) is 6.15. The molecule has 0 amide bonds. The number of hydrogen-bond acceptors (Lipinski definition) is 3. The first-order valence-electron chi connectivity index (χ1n) is 6.15. The van der Waals surface area contributed by atoms with E-state index in [4.69, 9.17) is 5.41 Å². The first kappa shape index (κ1) is 10.5. The molecule has 3 rings (SSSR count). The number of hydrogen-bond donors (Lipinski definition) is 2. The summed E-state index contributed by atoms with van der Waals surface area (Å²) in [6, 6.07) is 0.275. The van der Waals surface area contributed by atoms with Gasteiger partial charge in [-0.3, -0.25) is 4.99 Å². The van der Waals surface area contributed by atoms with Crippen LogP contribution in [0, 0.1) is 10.8 Å². The minimum atomic E-state index is -0.130. The predicted molar refractivity (Wildman–Crippen MR) is 70.4 cm³/mol. The summed E-state index contributed by atoms with van der Waals surface area (Å²) in [6.45, 7) is 4.27. The number of nitrogens with one attached hydrogen (secondary N) is 2. The topological polar surface area (TPSA) is 48.2 Å². The van der Waals surface area contributed by atoms with Gasteiger partial charge in [-0.15, -0.1) is 0 Å². The van der Waals surface area contributed by atoms with Gasteiger partial charge in [0, 0.05) is 41.2 Å². The van der Waals surface area contributed by atoms with Crippen molar-refractivity contribution in [3.05, 3.63) is 34.7 Å². The Labute approximate surface area is 102 Å². The molecule has 0 aromatic rings. The van der Waals surface area contributed by atoms with Gasteiger partial charge in [0.05, 0.1) is 6.04 Å². The van der Waals surface area contributed by atoms with Crippen molar-refractivity contribution in [1.29, 1.82) is 5.41 Å². The predicted octanol–water partition coefficient (Wildman–Crippen LogP) is 2.58. The van der Waals surface area contributed by atoms with Crippen LogP contribution in [0.2, 0.25) is 0 Å². The highest BCUT2D eigenvalue weighted by Gasteiger charge is 2.40. The van der Waals surface area contributed by atoms with Gasteiger partial charge in [0.25, 0.3) is 0 Å². The average molecular weight is 227 g/mol. The molecule has 2 bridgehead atoms. The zero-order valence-corrected chi connectivity index (χ0v) is 10.2. The van der Waals surface area contributed by atoms with E-state index in [0.717, 1.165) is 12.8 Å². The van der Waals surface area contributed by atoms with Crippen LogP contribution in [0.3, 0.4) is 0 Å². The fraction of sp³-hybridized carbons (Fsp3) is 0.429. The maximum Gasteiger partial charge on any atom is 0.0826 e. The van der Waals surface area contributed by atoms with Crippen molar-refractivity contribution >= 4 is 12.4 Å². The summed E-state index contributed by atoms with van der Waals surface area (Å²) in [6.07, 6.45) is 9.62. The van der Waals surface area contributed by atoms with Gasteiger partial charge in [0.1, 0.15) is 0 Å². The molecule has 2 aliphatic heterocycles. The SMILES string of the molecule is CCC(C)(C=N)C1=CC2=C1[C@@H]1CC(=CC=N1)N2. The van der Waals surface area contributed by atoms with E-state index in [9.17, 15) is 0 Å². The van der Waals surface area contributed by atoms with Crippen LogP contribution in [0.5, 0.6) is 0 Å². The molecule has 2 atom stereocenters. The van der Waals surface area contributed by atoms with Gasteiger partial charge in [-0.05, 0) is 24.1 Å². The summed E-state index contributed by atoms with van der Waals surface area (Å²) in [5.41, 5.74) is 4.95. The zero-order chi connectivity index (χ0) is 12.0. The summed E-state index contributed by atoms with van der Waals surface area (Å²) in [7, 11) is 0. The molecule has 2 N–H and O–H groups in total. The number of nitrogens with zero attached hydrogens (tertiary/aromatic N) is 1. The number of rotatable bonds is 3. The molecule has 0 saturated heterocycles. The highest BCUT2D eigenvalue weighted by molar-refractivity contribution is 5.79. The Kier molecular flexibility index (Phi) is 2.12. The van der Waals surface area contributed by atoms with E-state index >= 15 is 0 Å². The van der Waals surface area contributed by atoms with Crippen LogP contribution >= 0.6 is 0 Å². The number of fused-ring (bicyclic) bond motifs is 3. The minimum absolute atomic E-state index is 0.130. The molecule has 3 heteroatoms. The lowest BCUT2D eigenvalue weighted by Crippen LogP contribution is -2.39. The maximum atomic E-state index is 7.65. The monoisotopic (exact) mass is 227 g/mol. The maximum absolute atomic E-state index is 7.65. The lowest BCUT2D eigenvalue weighted by molar-refractivity contribution is 0.515. The fourth-order valence-electron chi connectivity index (χ4n) is 2.68. The van der Waals surface area contributed by atoms with Gasteiger partial charge in [-0.25, -0.2) is 0 Å². The number of aliphatic imine (C=N–C) groups is 1. The van der Waals surface area contributed by atoms with Crippen LogP contribution in [-0.4, -0.2) is 18.5 Å². The van der Waals surface area contributed by atoms with Crippen LogP contribution < -0.4 is 5.32 Å². The van der Waals surface area contributed by atoms with Gasteiger partial charge < -0.3 is 10.7 Å². The molecular formula is C14H17N3. The molecular weight excluding hydrogens is 210 g/mol. The third-order valence-electron chi connectivity index (χ3n) is 4.12. The Bertz CT molecular complexity index is 508. The van der Waals surface area contributed by atoms with Crippen molar-refractivity contribution in [3.8, 4) is 0 Å². The van der Waals surface area contributed by atoms with Crippen LogP contribution in [0.4, 0.5) is 0 Å². The highest BCUT2D eigenvalue weighted by Crippen LogP contribution is 2.46. The molecule has 2 heterocycles. The lowest BCUT2D eigenvalue weighted by atomic mass is 9.68. The van der Waals surface area contributed by atoms with E-state index in [-0.39, 0.29) is 11.5 Å². The molecule has 0 saturated carbocycles. The Hall–Kier alpha value is -1.64. The van der Waals surface area contributed by atoms with E-state index in [0.29, 0.717) is 0 Å². The van der Waals surface area contributed by atoms with Crippen molar-refractivity contribution in [3.63, 3.8) is 0 Å². The summed E-state index contributed by atoms with van der Waals surface area (Å²) < 4.78 is 0. The fourth-order valence-corrected chi connectivity index (χ4v) is 2.68. The van der Waals surface area contributed by atoms with Crippen molar-refractivity contribution in [2.24, 2.45) is 10.4 Å². The molecule has 1 unspecified atom stereocenters. The highest BCUT2D eigenvalue weighted by atomic mass is 15.0. The second-order valence-electron chi connectivity index (χ2n) is 5.14. The van der Waals surface area contributed by atoms with Crippen LogP contribution in [0.1, 0.15) is 26.7 Å². The Morgan fingerprint density at radius 2 is 2.47 bits per heavy atom.